The van der Waals surface area contributed by atoms with Gasteiger partial charge in [0.1, 0.15) is 17.9 Å². The first-order valence-electron chi connectivity index (χ1n) is 14.2. The van der Waals surface area contributed by atoms with Crippen LogP contribution in [0.5, 0.6) is 5.75 Å². The van der Waals surface area contributed by atoms with Gasteiger partial charge in [0.2, 0.25) is 5.91 Å². The highest BCUT2D eigenvalue weighted by Crippen LogP contribution is 2.36. The van der Waals surface area contributed by atoms with Crippen LogP contribution in [0.15, 0.2) is 52.9 Å². The average Bonchev–Trinajstić information content (AvgIpc) is 3.58. The predicted molar refractivity (Wildman–Crippen MR) is 150 cm³/mol. The fourth-order valence-electron chi connectivity index (χ4n) is 5.87. The number of esters is 1. The Morgan fingerprint density at radius 3 is 2.49 bits per heavy atom. The fraction of sp³-hybridized carbons (Fsp3) is 0.516. The van der Waals surface area contributed by atoms with Gasteiger partial charge < -0.3 is 23.7 Å². The number of anilines is 1. The van der Waals surface area contributed by atoms with Crippen LogP contribution in [0.1, 0.15) is 44.6 Å². The van der Waals surface area contributed by atoms with Crippen LogP contribution in [0.4, 0.5) is 6.01 Å². The Morgan fingerprint density at radius 1 is 1.08 bits per heavy atom. The number of aromatic nitrogens is 1. The van der Waals surface area contributed by atoms with E-state index in [-0.39, 0.29) is 18.3 Å². The molecule has 1 amide bonds. The maximum atomic E-state index is 13.2. The van der Waals surface area contributed by atoms with Crippen LogP contribution < -0.4 is 9.64 Å². The van der Waals surface area contributed by atoms with E-state index in [9.17, 15) is 9.59 Å². The van der Waals surface area contributed by atoms with Crippen molar-refractivity contribution >= 4 is 29.0 Å². The number of rotatable bonds is 11. The number of fused-ring (bicyclic) bond motifs is 2. The number of carbonyl (C=O) groups is 2. The number of hydrogen-bond acceptors (Lipinski definition) is 7. The Kier molecular flexibility index (Phi) is 8.69. The van der Waals surface area contributed by atoms with Crippen LogP contribution in [-0.4, -0.2) is 61.7 Å². The summed E-state index contributed by atoms with van der Waals surface area (Å²) in [7, 11) is 1.92. The van der Waals surface area contributed by atoms with Gasteiger partial charge in [-0.25, -0.2) is 0 Å². The van der Waals surface area contributed by atoms with Gasteiger partial charge in [-0.2, -0.15) is 4.98 Å². The van der Waals surface area contributed by atoms with Gasteiger partial charge in [0.05, 0.1) is 19.1 Å². The smallest absolute Gasteiger partial charge is 0.309 e. The zero-order chi connectivity index (χ0) is 27.2. The minimum Gasteiger partial charge on any atom is -0.492 e. The van der Waals surface area contributed by atoms with Crippen molar-refractivity contribution < 1.29 is 23.5 Å². The van der Waals surface area contributed by atoms with Gasteiger partial charge in [-0.1, -0.05) is 37.1 Å². The Labute approximate surface area is 230 Å². The molecular formula is C31H39N3O5. The molecule has 3 aromatic rings. The van der Waals surface area contributed by atoms with Gasteiger partial charge in [0.25, 0.3) is 6.01 Å². The molecule has 3 atom stereocenters. The molecule has 1 saturated carbocycles. The molecule has 0 bridgehead atoms. The van der Waals surface area contributed by atoms with Crippen molar-refractivity contribution in [3.05, 3.63) is 54.1 Å². The van der Waals surface area contributed by atoms with Gasteiger partial charge in [-0.15, -0.1) is 0 Å². The van der Waals surface area contributed by atoms with Crippen LogP contribution in [0.25, 0.3) is 11.1 Å². The molecule has 208 valence electrons. The van der Waals surface area contributed by atoms with Crippen molar-refractivity contribution in [2.24, 2.45) is 17.8 Å². The second kappa shape index (κ2) is 12.5. The molecular weight excluding hydrogens is 494 g/mol. The molecule has 1 aromatic heterocycles. The first-order valence-corrected chi connectivity index (χ1v) is 14.2. The number of hydrogen-bond donors (Lipinski definition) is 0. The lowest BCUT2D eigenvalue weighted by atomic mass is 9.82. The summed E-state index contributed by atoms with van der Waals surface area (Å²) in [5.74, 6) is 1.29. The van der Waals surface area contributed by atoms with Gasteiger partial charge in [-0.05, 0) is 67.9 Å². The summed E-state index contributed by atoms with van der Waals surface area (Å²) < 4.78 is 17.1. The SMILES string of the molecule is CCOC(=O)C(CC(=O)N1C[C@H]2CCCC[C@H]2C1)Cc1ccc(OCCN(C)c2nc3ccccc3o2)cc1. The highest BCUT2D eigenvalue weighted by atomic mass is 16.5. The van der Waals surface area contributed by atoms with E-state index in [4.69, 9.17) is 13.9 Å². The third-order valence-electron chi connectivity index (χ3n) is 8.08. The monoisotopic (exact) mass is 533 g/mol. The Bertz CT molecular complexity index is 1210. The van der Waals surface area contributed by atoms with E-state index in [1.165, 1.54) is 25.7 Å². The van der Waals surface area contributed by atoms with Gasteiger partial charge >= 0.3 is 5.97 Å². The molecule has 1 aliphatic heterocycles. The molecule has 8 nitrogen and oxygen atoms in total. The van der Waals surface area contributed by atoms with E-state index in [0.717, 1.165) is 35.5 Å². The number of ether oxygens (including phenoxy) is 2. The number of oxazole rings is 1. The zero-order valence-corrected chi connectivity index (χ0v) is 23.0. The van der Waals surface area contributed by atoms with Crippen LogP contribution >= 0.6 is 0 Å². The Balaban J connectivity index is 1.13. The molecule has 2 fully saturated rings. The standard InChI is InChI=1S/C31H39N3O5/c1-3-37-30(36)25(19-29(35)34-20-23-8-4-5-9-24(23)21-34)18-22-12-14-26(15-13-22)38-17-16-33(2)31-32-27-10-6-7-11-28(27)39-31/h6-7,10-15,23-25H,3-5,8-9,16-21H2,1-2H3/t23-,24+,25?. The first kappa shape index (κ1) is 27.0. The topological polar surface area (TPSA) is 85.1 Å². The van der Waals surface area contributed by atoms with Crippen LogP contribution in [-0.2, 0) is 20.7 Å². The number of benzene rings is 2. The second-order valence-electron chi connectivity index (χ2n) is 10.8. The maximum Gasteiger partial charge on any atom is 0.309 e. The van der Waals surface area contributed by atoms with E-state index in [2.05, 4.69) is 4.98 Å². The summed E-state index contributed by atoms with van der Waals surface area (Å²) in [6.45, 7) is 4.86. The molecule has 1 unspecified atom stereocenters. The molecule has 1 saturated heterocycles. The van der Waals surface area contributed by atoms with E-state index >= 15 is 0 Å². The molecule has 39 heavy (non-hydrogen) atoms. The normalized spacial score (nSPS) is 19.5. The van der Waals surface area contributed by atoms with Crippen LogP contribution in [0, 0.1) is 17.8 Å². The van der Waals surface area contributed by atoms with Crippen molar-refractivity contribution in [1.82, 2.24) is 9.88 Å². The number of likely N-dealkylation sites (tertiary alicyclic amines) is 1. The maximum absolute atomic E-state index is 13.2. The Morgan fingerprint density at radius 2 is 1.79 bits per heavy atom. The number of amides is 1. The molecule has 5 rings (SSSR count). The van der Waals surface area contributed by atoms with Gasteiger partial charge in [0.15, 0.2) is 5.58 Å². The van der Waals surface area contributed by atoms with E-state index in [1.807, 2.05) is 65.4 Å². The number of likely N-dealkylation sites (N-methyl/N-ethyl adjacent to an activating group) is 1. The van der Waals surface area contributed by atoms with Gasteiger partial charge in [-0.3, -0.25) is 9.59 Å². The van der Waals surface area contributed by atoms with Crippen molar-refractivity contribution in [2.75, 3.05) is 44.8 Å². The predicted octanol–water partition coefficient (Wildman–Crippen LogP) is 5.10. The zero-order valence-electron chi connectivity index (χ0n) is 23.0. The number of carbonyl (C=O) groups excluding carboxylic acids is 2. The lowest BCUT2D eigenvalue weighted by Gasteiger charge is -2.22. The highest BCUT2D eigenvalue weighted by Gasteiger charge is 2.37. The quantitative estimate of drug-likeness (QED) is 0.317. The largest absolute Gasteiger partial charge is 0.492 e. The Hall–Kier alpha value is -3.55. The molecule has 0 N–H and O–H groups in total. The minimum absolute atomic E-state index is 0.0745. The average molecular weight is 534 g/mol. The van der Waals surface area contributed by atoms with Gasteiger partial charge in [0, 0.05) is 26.6 Å². The van der Waals surface area contributed by atoms with Crippen LogP contribution in [0.3, 0.4) is 0 Å². The summed E-state index contributed by atoms with van der Waals surface area (Å²) >= 11 is 0. The summed E-state index contributed by atoms with van der Waals surface area (Å²) in [4.78, 5) is 34.3. The summed E-state index contributed by atoms with van der Waals surface area (Å²) in [5, 5.41) is 0. The van der Waals surface area contributed by atoms with Crippen molar-refractivity contribution in [3.8, 4) is 5.75 Å². The minimum atomic E-state index is -0.489. The first-order chi connectivity index (χ1) is 19.0. The van der Waals surface area contributed by atoms with E-state index < -0.39 is 5.92 Å². The molecule has 0 radical (unpaired) electrons. The van der Waals surface area contributed by atoms with E-state index in [1.54, 1.807) is 6.92 Å². The van der Waals surface area contributed by atoms with Crippen LogP contribution in [0.2, 0.25) is 0 Å². The number of nitrogens with zero attached hydrogens (tertiary/aromatic N) is 3. The highest BCUT2D eigenvalue weighted by molar-refractivity contribution is 5.83. The third kappa shape index (κ3) is 6.72. The van der Waals surface area contributed by atoms with E-state index in [0.29, 0.717) is 44.0 Å². The van der Waals surface area contributed by atoms with Crippen molar-refractivity contribution in [2.45, 2.75) is 45.4 Å². The number of para-hydroxylation sites is 2. The third-order valence-corrected chi connectivity index (χ3v) is 8.08. The molecule has 0 spiro atoms. The summed E-state index contributed by atoms with van der Waals surface area (Å²) in [5.41, 5.74) is 2.57. The fourth-order valence-corrected chi connectivity index (χ4v) is 5.87. The van der Waals surface area contributed by atoms with Crippen molar-refractivity contribution in [3.63, 3.8) is 0 Å². The lowest BCUT2D eigenvalue weighted by Crippen LogP contribution is -2.33. The molecule has 2 aliphatic rings. The molecule has 2 aromatic carbocycles. The lowest BCUT2D eigenvalue weighted by molar-refractivity contribution is -0.151. The second-order valence-corrected chi connectivity index (χ2v) is 10.8. The van der Waals surface area contributed by atoms with Crippen molar-refractivity contribution in [1.29, 1.82) is 0 Å². The molecule has 8 heteroatoms. The summed E-state index contributed by atoms with van der Waals surface area (Å²) in [6, 6.07) is 16.0. The molecule has 1 aliphatic carbocycles. The molecule has 2 heterocycles. The summed E-state index contributed by atoms with van der Waals surface area (Å²) in [6.07, 6.45) is 5.63.